The van der Waals surface area contributed by atoms with E-state index in [9.17, 15) is 18.0 Å². The van der Waals surface area contributed by atoms with Gasteiger partial charge in [0.05, 0.1) is 21.3 Å². The zero-order valence-electron chi connectivity index (χ0n) is 16.9. The van der Waals surface area contributed by atoms with Crippen LogP contribution in [0.15, 0.2) is 51.2 Å². The summed E-state index contributed by atoms with van der Waals surface area (Å²) in [7, 11) is -3.53. The van der Waals surface area contributed by atoms with E-state index in [1.165, 1.54) is 22.3 Å². The molecule has 1 aliphatic heterocycles. The van der Waals surface area contributed by atoms with Gasteiger partial charge in [-0.25, -0.2) is 18.2 Å². The van der Waals surface area contributed by atoms with Crippen LogP contribution in [0.2, 0.25) is 0 Å². The third-order valence-corrected chi connectivity index (χ3v) is 8.05. The van der Waals surface area contributed by atoms with Crippen molar-refractivity contribution in [2.45, 2.75) is 41.4 Å². The number of fused-ring (bicyclic) bond motifs is 1. The SMILES string of the molecule is CC(Sc1ccc(S(=O)(=O)N2CCCCC2)cn1)C(=O)Nc1ccc2[nH]c(=O)[nH]c2c1. The van der Waals surface area contributed by atoms with Gasteiger partial charge in [0, 0.05) is 25.0 Å². The van der Waals surface area contributed by atoms with Crippen LogP contribution < -0.4 is 11.0 Å². The maximum absolute atomic E-state index is 12.7. The van der Waals surface area contributed by atoms with Crippen molar-refractivity contribution in [3.8, 4) is 0 Å². The van der Waals surface area contributed by atoms with Gasteiger partial charge in [-0.05, 0) is 50.1 Å². The lowest BCUT2D eigenvalue weighted by Gasteiger charge is -2.25. The number of pyridine rings is 1. The summed E-state index contributed by atoms with van der Waals surface area (Å²) in [5.41, 5.74) is 1.53. The number of benzene rings is 1. The molecule has 1 amide bonds. The Labute approximate surface area is 183 Å². The predicted octanol–water partition coefficient (Wildman–Crippen LogP) is 2.55. The highest BCUT2D eigenvalue weighted by molar-refractivity contribution is 8.00. The van der Waals surface area contributed by atoms with Gasteiger partial charge in [0.15, 0.2) is 0 Å². The van der Waals surface area contributed by atoms with Gasteiger partial charge in [0.2, 0.25) is 15.9 Å². The number of anilines is 1. The molecule has 9 nitrogen and oxygen atoms in total. The van der Waals surface area contributed by atoms with Gasteiger partial charge in [-0.3, -0.25) is 4.79 Å². The molecule has 1 fully saturated rings. The molecule has 3 aromatic rings. The molecular formula is C20H23N5O4S2. The van der Waals surface area contributed by atoms with Crippen LogP contribution in [0.4, 0.5) is 5.69 Å². The predicted molar refractivity (Wildman–Crippen MR) is 120 cm³/mol. The highest BCUT2D eigenvalue weighted by atomic mass is 32.2. The number of amides is 1. The maximum Gasteiger partial charge on any atom is 0.323 e. The first-order valence-corrected chi connectivity index (χ1v) is 12.3. The minimum atomic E-state index is -3.53. The molecule has 31 heavy (non-hydrogen) atoms. The van der Waals surface area contributed by atoms with Crippen molar-refractivity contribution < 1.29 is 13.2 Å². The molecule has 3 N–H and O–H groups in total. The lowest BCUT2D eigenvalue weighted by molar-refractivity contribution is -0.115. The summed E-state index contributed by atoms with van der Waals surface area (Å²) < 4.78 is 26.9. The quantitative estimate of drug-likeness (QED) is 0.484. The molecule has 2 aromatic heterocycles. The number of rotatable bonds is 6. The summed E-state index contributed by atoms with van der Waals surface area (Å²) in [4.78, 5) is 33.6. The molecule has 1 aliphatic rings. The molecule has 1 atom stereocenters. The van der Waals surface area contributed by atoms with E-state index in [4.69, 9.17) is 0 Å². The number of thioether (sulfide) groups is 1. The minimum Gasteiger partial charge on any atom is -0.325 e. The average Bonchev–Trinajstić information content (AvgIpc) is 3.14. The Morgan fingerprint density at radius 1 is 1.13 bits per heavy atom. The molecule has 1 saturated heterocycles. The molecule has 0 aliphatic carbocycles. The molecule has 1 unspecified atom stereocenters. The normalized spacial score (nSPS) is 16.3. The molecule has 11 heteroatoms. The zero-order chi connectivity index (χ0) is 22.0. The van der Waals surface area contributed by atoms with Crippen LogP contribution in [-0.2, 0) is 14.8 Å². The molecular weight excluding hydrogens is 438 g/mol. The van der Waals surface area contributed by atoms with Crippen molar-refractivity contribution in [1.29, 1.82) is 0 Å². The largest absolute Gasteiger partial charge is 0.325 e. The van der Waals surface area contributed by atoms with E-state index in [-0.39, 0.29) is 16.5 Å². The number of imidazole rings is 1. The van der Waals surface area contributed by atoms with E-state index in [1.54, 1.807) is 37.3 Å². The molecule has 4 rings (SSSR count). The summed E-state index contributed by atoms with van der Waals surface area (Å²) in [5, 5.41) is 2.92. The summed E-state index contributed by atoms with van der Waals surface area (Å²) in [5.74, 6) is -0.228. The van der Waals surface area contributed by atoms with Crippen molar-refractivity contribution >= 4 is 44.4 Å². The second kappa shape index (κ2) is 8.85. The second-order valence-corrected chi connectivity index (χ2v) is 10.7. The fourth-order valence-electron chi connectivity index (χ4n) is 3.43. The third-order valence-electron chi connectivity index (χ3n) is 5.11. The molecule has 0 bridgehead atoms. The van der Waals surface area contributed by atoms with Crippen LogP contribution in [-0.4, -0.2) is 51.9 Å². The Morgan fingerprint density at radius 3 is 2.58 bits per heavy atom. The lowest BCUT2D eigenvalue weighted by atomic mass is 10.2. The standard InChI is InChI=1S/C20H23N5O4S2/c1-13(19(26)22-14-5-7-16-17(11-14)24-20(27)23-16)30-18-8-6-15(12-21-18)31(28,29)25-9-3-2-4-10-25/h5-8,11-13H,2-4,9-10H2,1H3,(H,22,26)(H2,23,24,27). The van der Waals surface area contributed by atoms with Gasteiger partial charge >= 0.3 is 5.69 Å². The van der Waals surface area contributed by atoms with Crippen molar-refractivity contribution in [3.05, 3.63) is 47.0 Å². The van der Waals surface area contributed by atoms with Crippen LogP contribution in [0, 0.1) is 0 Å². The summed E-state index contributed by atoms with van der Waals surface area (Å²) >= 11 is 1.24. The minimum absolute atomic E-state index is 0.171. The summed E-state index contributed by atoms with van der Waals surface area (Å²) in [6.07, 6.45) is 4.16. The maximum atomic E-state index is 12.7. The average molecular weight is 462 g/mol. The summed E-state index contributed by atoms with van der Waals surface area (Å²) in [6, 6.07) is 8.27. The van der Waals surface area contributed by atoms with E-state index in [0.29, 0.717) is 34.8 Å². The van der Waals surface area contributed by atoms with Gasteiger partial charge < -0.3 is 15.3 Å². The highest BCUT2D eigenvalue weighted by Gasteiger charge is 2.26. The first-order chi connectivity index (χ1) is 14.8. The van der Waals surface area contributed by atoms with Crippen LogP contribution in [0.5, 0.6) is 0 Å². The van der Waals surface area contributed by atoms with E-state index in [1.807, 2.05) is 0 Å². The van der Waals surface area contributed by atoms with Crippen molar-refractivity contribution in [3.63, 3.8) is 0 Å². The molecule has 3 heterocycles. The highest BCUT2D eigenvalue weighted by Crippen LogP contribution is 2.25. The van der Waals surface area contributed by atoms with Gasteiger partial charge in [0.1, 0.15) is 4.90 Å². The van der Waals surface area contributed by atoms with Crippen molar-refractivity contribution in [2.75, 3.05) is 18.4 Å². The first-order valence-electron chi connectivity index (χ1n) is 9.99. The number of nitrogens with one attached hydrogen (secondary N) is 3. The Balaban J connectivity index is 1.39. The van der Waals surface area contributed by atoms with Gasteiger partial charge in [0.25, 0.3) is 0 Å². The van der Waals surface area contributed by atoms with Crippen LogP contribution in [0.25, 0.3) is 11.0 Å². The number of hydrogen-bond acceptors (Lipinski definition) is 6. The number of aromatic amines is 2. The van der Waals surface area contributed by atoms with E-state index < -0.39 is 15.3 Å². The number of piperidine rings is 1. The zero-order valence-corrected chi connectivity index (χ0v) is 18.6. The number of carbonyl (C=O) groups is 1. The van der Waals surface area contributed by atoms with Gasteiger partial charge in [-0.2, -0.15) is 4.31 Å². The van der Waals surface area contributed by atoms with Crippen molar-refractivity contribution in [2.24, 2.45) is 0 Å². The van der Waals surface area contributed by atoms with Crippen molar-refractivity contribution in [1.82, 2.24) is 19.3 Å². The Hall–Kier alpha value is -2.63. The van der Waals surface area contributed by atoms with E-state index in [2.05, 4.69) is 20.3 Å². The molecule has 164 valence electrons. The van der Waals surface area contributed by atoms with Crippen LogP contribution >= 0.6 is 11.8 Å². The lowest BCUT2D eigenvalue weighted by Crippen LogP contribution is -2.35. The number of aromatic nitrogens is 3. The number of sulfonamides is 1. The number of hydrogen-bond donors (Lipinski definition) is 3. The Morgan fingerprint density at radius 2 is 1.87 bits per heavy atom. The molecule has 0 radical (unpaired) electrons. The number of nitrogens with zero attached hydrogens (tertiary/aromatic N) is 2. The monoisotopic (exact) mass is 461 g/mol. The fourth-order valence-corrected chi connectivity index (χ4v) is 5.68. The van der Waals surface area contributed by atoms with Gasteiger partial charge in [-0.15, -0.1) is 0 Å². The van der Waals surface area contributed by atoms with Crippen LogP contribution in [0.3, 0.4) is 0 Å². The second-order valence-electron chi connectivity index (χ2n) is 7.39. The number of H-pyrrole nitrogens is 2. The van der Waals surface area contributed by atoms with Crippen LogP contribution in [0.1, 0.15) is 26.2 Å². The van der Waals surface area contributed by atoms with Gasteiger partial charge in [-0.1, -0.05) is 18.2 Å². The first kappa shape index (κ1) is 21.6. The Kier molecular flexibility index (Phi) is 6.17. The van der Waals surface area contributed by atoms with E-state index in [0.717, 1.165) is 19.3 Å². The van der Waals surface area contributed by atoms with E-state index >= 15 is 0 Å². The third kappa shape index (κ3) is 4.83. The number of carbonyl (C=O) groups excluding carboxylic acids is 1. The molecule has 0 spiro atoms. The fraction of sp³-hybridized carbons (Fsp3) is 0.350. The topological polar surface area (TPSA) is 128 Å². The Bertz CT molecular complexity index is 1240. The smallest absolute Gasteiger partial charge is 0.323 e. The summed E-state index contributed by atoms with van der Waals surface area (Å²) in [6.45, 7) is 2.83. The molecule has 1 aromatic carbocycles. The molecule has 0 saturated carbocycles.